The summed E-state index contributed by atoms with van der Waals surface area (Å²) >= 11 is 1.77. The fourth-order valence-corrected chi connectivity index (χ4v) is 8.83. The van der Waals surface area contributed by atoms with Crippen molar-refractivity contribution in [1.29, 1.82) is 0 Å². The van der Waals surface area contributed by atoms with Gasteiger partial charge in [0.25, 0.3) is 0 Å². The van der Waals surface area contributed by atoms with E-state index in [1.807, 2.05) is 6.07 Å². The molecule has 57 heavy (non-hydrogen) atoms. The summed E-state index contributed by atoms with van der Waals surface area (Å²) in [5, 5.41) is 4.90. The minimum atomic E-state index is -0.276. The van der Waals surface area contributed by atoms with Crippen LogP contribution in [0.2, 0.25) is 0 Å². The van der Waals surface area contributed by atoms with E-state index in [0.717, 1.165) is 27.4 Å². The summed E-state index contributed by atoms with van der Waals surface area (Å²) in [5.41, 5.74) is 13.8. The maximum Gasteiger partial charge on any atom is 0.159 e. The highest BCUT2D eigenvalue weighted by Crippen LogP contribution is 2.45. The van der Waals surface area contributed by atoms with Gasteiger partial charge in [0.1, 0.15) is 5.84 Å². The van der Waals surface area contributed by atoms with Crippen LogP contribution in [0.25, 0.3) is 65.7 Å². The molecular weight excluding hydrogens is 711 g/mol. The standard InChI is InChI=1S/C53H37N3S/c1-5-15-36(16-6-1)37-25-29-42(30-26-37)51-54-52(56-53(55-51)48-35-44-23-13-14-24-47(44)57-48)43-31-27-39(28-32-43)46-34-33-45(38-17-7-2-8-18-38)49(40-19-9-3-10-20-40)50(46)41-21-11-4-12-22-41/h1-35,53H,(H,54,55,56). The number of fused-ring (bicyclic) bond motifs is 1. The van der Waals surface area contributed by atoms with Crippen molar-refractivity contribution in [2.75, 3.05) is 0 Å². The normalized spacial score (nSPS) is 13.8. The lowest BCUT2D eigenvalue weighted by Crippen LogP contribution is -2.33. The van der Waals surface area contributed by atoms with Gasteiger partial charge in [-0.05, 0) is 73.2 Å². The van der Waals surface area contributed by atoms with Crippen molar-refractivity contribution >= 4 is 33.1 Å². The van der Waals surface area contributed by atoms with Crippen LogP contribution in [0.1, 0.15) is 22.2 Å². The minimum Gasteiger partial charge on any atom is -0.343 e. The molecule has 270 valence electrons. The number of hydrogen-bond acceptors (Lipinski definition) is 4. The fraction of sp³-hybridized carbons (Fsp3) is 0.0189. The molecular formula is C53H37N3S. The van der Waals surface area contributed by atoms with Gasteiger partial charge in [-0.3, -0.25) is 0 Å². The molecule has 0 amide bonds. The number of benzene rings is 8. The van der Waals surface area contributed by atoms with E-state index in [1.54, 1.807) is 11.3 Å². The Morgan fingerprint density at radius 2 is 0.825 bits per heavy atom. The lowest BCUT2D eigenvalue weighted by molar-refractivity contribution is 0.687. The van der Waals surface area contributed by atoms with E-state index < -0.39 is 0 Å². The Kier molecular flexibility index (Phi) is 9.15. The van der Waals surface area contributed by atoms with Crippen LogP contribution in [0.15, 0.2) is 222 Å². The third-order valence-corrected chi connectivity index (χ3v) is 11.8. The predicted octanol–water partition coefficient (Wildman–Crippen LogP) is 13.7. The maximum absolute atomic E-state index is 5.25. The second-order valence-electron chi connectivity index (χ2n) is 14.2. The van der Waals surface area contributed by atoms with Crippen LogP contribution in [0.3, 0.4) is 0 Å². The number of aliphatic imine (C=N–C) groups is 2. The molecule has 2 heterocycles. The van der Waals surface area contributed by atoms with Gasteiger partial charge in [0.15, 0.2) is 12.0 Å². The largest absolute Gasteiger partial charge is 0.343 e. The van der Waals surface area contributed by atoms with Crippen molar-refractivity contribution in [2.45, 2.75) is 6.17 Å². The van der Waals surface area contributed by atoms with Gasteiger partial charge in [0, 0.05) is 15.8 Å². The van der Waals surface area contributed by atoms with Crippen LogP contribution in [0.5, 0.6) is 0 Å². The van der Waals surface area contributed by atoms with Gasteiger partial charge in [-0.15, -0.1) is 11.3 Å². The van der Waals surface area contributed by atoms with Crippen LogP contribution >= 0.6 is 11.3 Å². The molecule has 1 aliphatic rings. The predicted molar refractivity (Wildman–Crippen MR) is 241 cm³/mol. The van der Waals surface area contributed by atoms with Crippen molar-refractivity contribution in [1.82, 2.24) is 5.32 Å². The molecule has 0 radical (unpaired) electrons. The summed E-state index contributed by atoms with van der Waals surface area (Å²) in [6, 6.07) is 75.4. The molecule has 3 nitrogen and oxygen atoms in total. The van der Waals surface area contributed by atoms with Crippen LogP contribution in [0, 0.1) is 0 Å². The number of rotatable bonds is 8. The molecule has 1 aliphatic heterocycles. The monoisotopic (exact) mass is 747 g/mol. The van der Waals surface area contributed by atoms with Crippen molar-refractivity contribution in [3.05, 3.63) is 228 Å². The minimum absolute atomic E-state index is 0.276. The average molecular weight is 748 g/mol. The van der Waals surface area contributed by atoms with Crippen LogP contribution in [-0.2, 0) is 0 Å². The number of amidine groups is 2. The SMILES string of the molecule is c1ccc(-c2ccc(C3=NC(c4ccc(-c5ccc(-c6ccccc6)c(-c6ccccc6)c5-c5ccccc5)cc4)=NC(c4cc5ccccc5s4)N3)cc2)cc1. The molecule has 10 rings (SSSR count). The highest BCUT2D eigenvalue weighted by molar-refractivity contribution is 7.19. The first-order valence-electron chi connectivity index (χ1n) is 19.3. The van der Waals surface area contributed by atoms with Gasteiger partial charge in [0.05, 0.1) is 4.88 Å². The van der Waals surface area contributed by atoms with E-state index in [-0.39, 0.29) is 6.17 Å². The molecule has 0 saturated heterocycles. The zero-order chi connectivity index (χ0) is 38.0. The van der Waals surface area contributed by atoms with Crippen molar-refractivity contribution in [3.8, 4) is 55.6 Å². The summed E-state index contributed by atoms with van der Waals surface area (Å²) in [7, 11) is 0. The topological polar surface area (TPSA) is 36.8 Å². The van der Waals surface area contributed by atoms with Gasteiger partial charge >= 0.3 is 0 Å². The molecule has 1 aromatic heterocycles. The molecule has 0 spiro atoms. The molecule has 0 saturated carbocycles. The smallest absolute Gasteiger partial charge is 0.159 e. The highest BCUT2D eigenvalue weighted by Gasteiger charge is 2.24. The molecule has 0 bridgehead atoms. The van der Waals surface area contributed by atoms with E-state index in [0.29, 0.717) is 5.84 Å². The fourth-order valence-electron chi connectivity index (χ4n) is 7.77. The summed E-state index contributed by atoms with van der Waals surface area (Å²) < 4.78 is 1.24. The summed E-state index contributed by atoms with van der Waals surface area (Å²) in [6.07, 6.45) is -0.276. The summed E-state index contributed by atoms with van der Waals surface area (Å²) in [6.45, 7) is 0. The second kappa shape index (κ2) is 15.2. The number of hydrogen-bond donors (Lipinski definition) is 1. The van der Waals surface area contributed by atoms with E-state index in [9.17, 15) is 0 Å². The van der Waals surface area contributed by atoms with Crippen molar-refractivity contribution in [3.63, 3.8) is 0 Å². The van der Waals surface area contributed by atoms with E-state index in [4.69, 9.17) is 9.98 Å². The summed E-state index contributed by atoms with van der Waals surface area (Å²) in [5.74, 6) is 1.51. The first kappa shape index (κ1) is 34.4. The molecule has 0 fully saturated rings. The third-order valence-electron chi connectivity index (χ3n) is 10.6. The highest BCUT2D eigenvalue weighted by atomic mass is 32.1. The molecule has 1 atom stereocenters. The first-order chi connectivity index (χ1) is 28.2. The lowest BCUT2D eigenvalue weighted by atomic mass is 9.83. The molecule has 9 aromatic rings. The maximum atomic E-state index is 5.25. The second-order valence-corrected chi connectivity index (χ2v) is 15.3. The molecule has 4 heteroatoms. The molecule has 0 aliphatic carbocycles. The first-order valence-corrected chi connectivity index (χ1v) is 20.1. The average Bonchev–Trinajstić information content (AvgIpc) is 3.75. The Morgan fingerprint density at radius 3 is 1.40 bits per heavy atom. The zero-order valence-electron chi connectivity index (χ0n) is 31.1. The van der Waals surface area contributed by atoms with Crippen molar-refractivity contribution < 1.29 is 0 Å². The van der Waals surface area contributed by atoms with E-state index >= 15 is 0 Å². The molecule has 1 N–H and O–H groups in total. The van der Waals surface area contributed by atoms with Gasteiger partial charge in [0.2, 0.25) is 0 Å². The third kappa shape index (κ3) is 6.88. The van der Waals surface area contributed by atoms with Crippen LogP contribution in [-0.4, -0.2) is 11.7 Å². The molecule has 8 aromatic carbocycles. The Hall–Kier alpha value is -7.14. The lowest BCUT2D eigenvalue weighted by Gasteiger charge is -2.23. The Bertz CT molecular complexity index is 2850. The molecule has 1 unspecified atom stereocenters. The zero-order valence-corrected chi connectivity index (χ0v) is 31.9. The van der Waals surface area contributed by atoms with Crippen LogP contribution in [0.4, 0.5) is 0 Å². The Labute approximate surface area is 337 Å². The number of thiophene rings is 1. The quantitative estimate of drug-likeness (QED) is 0.165. The van der Waals surface area contributed by atoms with Gasteiger partial charge in [-0.2, -0.15) is 0 Å². The van der Waals surface area contributed by atoms with Crippen molar-refractivity contribution in [2.24, 2.45) is 9.98 Å². The van der Waals surface area contributed by atoms with E-state index in [2.05, 4.69) is 212 Å². The van der Waals surface area contributed by atoms with Gasteiger partial charge in [-0.1, -0.05) is 200 Å². The summed E-state index contributed by atoms with van der Waals surface area (Å²) in [4.78, 5) is 11.6. The number of nitrogens with zero attached hydrogens (tertiary/aromatic N) is 2. The Balaban J connectivity index is 1.08. The van der Waals surface area contributed by atoms with Crippen LogP contribution < -0.4 is 5.32 Å². The van der Waals surface area contributed by atoms with Gasteiger partial charge < -0.3 is 5.32 Å². The van der Waals surface area contributed by atoms with E-state index in [1.165, 1.54) is 60.2 Å². The Morgan fingerprint density at radius 1 is 0.386 bits per heavy atom. The van der Waals surface area contributed by atoms with Gasteiger partial charge in [-0.25, -0.2) is 9.98 Å². The number of nitrogens with one attached hydrogen (secondary N) is 1.